The second-order valence-corrected chi connectivity index (χ2v) is 9.22. The van der Waals surface area contributed by atoms with Crippen molar-refractivity contribution in [2.24, 2.45) is 0 Å². The van der Waals surface area contributed by atoms with E-state index in [0.717, 1.165) is 16.5 Å². The van der Waals surface area contributed by atoms with Crippen LogP contribution in [0, 0.1) is 6.92 Å². The summed E-state index contributed by atoms with van der Waals surface area (Å²) < 4.78 is 16.3. The van der Waals surface area contributed by atoms with Gasteiger partial charge in [-0.1, -0.05) is 43.7 Å². The molecule has 0 bridgehead atoms. The summed E-state index contributed by atoms with van der Waals surface area (Å²) in [4.78, 5) is 37.6. The quantitative estimate of drug-likeness (QED) is 0.289. The van der Waals surface area contributed by atoms with E-state index in [1.807, 2.05) is 44.2 Å². The molecular weight excluding hydrogens is 434 g/mol. The monoisotopic (exact) mass is 465 g/mol. The fourth-order valence-electron chi connectivity index (χ4n) is 3.62. The number of hydrogen-bond acceptors (Lipinski definition) is 6. The minimum atomic E-state index is -0.863. The van der Waals surface area contributed by atoms with Crippen molar-refractivity contribution in [3.63, 3.8) is 0 Å². The minimum Gasteiger partial charge on any atom is -0.444 e. The van der Waals surface area contributed by atoms with Gasteiger partial charge in [-0.25, -0.2) is 14.4 Å². The molecule has 1 N–H and O–H groups in total. The molecule has 0 aliphatic rings. The average molecular weight is 466 g/mol. The van der Waals surface area contributed by atoms with Crippen molar-refractivity contribution >= 4 is 23.0 Å². The number of hydrogen-bond donors (Lipinski definition) is 1. The Morgan fingerprint density at radius 2 is 1.79 bits per heavy atom. The van der Waals surface area contributed by atoms with Crippen LogP contribution in [0.2, 0.25) is 0 Å². The van der Waals surface area contributed by atoms with Gasteiger partial charge >= 0.3 is 17.7 Å². The number of aryl methyl sites for hydroxylation is 1. The summed E-state index contributed by atoms with van der Waals surface area (Å²) in [6.45, 7) is 9.02. The highest BCUT2D eigenvalue weighted by atomic mass is 16.6. The number of ether oxygens (including phenoxy) is 2. The number of fused-ring (bicyclic) bond motifs is 1. The van der Waals surface area contributed by atoms with E-state index in [4.69, 9.17) is 13.9 Å². The van der Waals surface area contributed by atoms with Gasteiger partial charge in [0.05, 0.1) is 0 Å². The number of carbonyl (C=O) groups is 2. The molecule has 3 aromatic rings. The number of carbonyl (C=O) groups excluding carboxylic acids is 2. The van der Waals surface area contributed by atoms with Crippen molar-refractivity contribution in [3.8, 4) is 5.75 Å². The maximum atomic E-state index is 12.7. The molecule has 0 fully saturated rings. The predicted molar refractivity (Wildman–Crippen MR) is 130 cm³/mol. The van der Waals surface area contributed by atoms with Crippen LogP contribution in [-0.4, -0.2) is 23.7 Å². The molecule has 0 spiro atoms. The number of amides is 1. The van der Waals surface area contributed by atoms with E-state index in [1.54, 1.807) is 32.9 Å². The summed E-state index contributed by atoms with van der Waals surface area (Å²) in [5, 5.41) is 3.34. The smallest absolute Gasteiger partial charge is 0.408 e. The maximum Gasteiger partial charge on any atom is 0.408 e. The van der Waals surface area contributed by atoms with E-state index in [1.165, 1.54) is 6.07 Å². The zero-order valence-corrected chi connectivity index (χ0v) is 20.3. The molecule has 0 aliphatic carbocycles. The van der Waals surface area contributed by atoms with Crippen LogP contribution in [0.15, 0.2) is 57.7 Å². The lowest BCUT2D eigenvalue weighted by Gasteiger charge is -2.22. The van der Waals surface area contributed by atoms with Gasteiger partial charge in [-0.2, -0.15) is 0 Å². The predicted octanol–water partition coefficient (Wildman–Crippen LogP) is 5.29. The van der Waals surface area contributed by atoms with Gasteiger partial charge < -0.3 is 19.2 Å². The second kappa shape index (κ2) is 10.5. The van der Waals surface area contributed by atoms with E-state index in [0.29, 0.717) is 30.4 Å². The standard InChI is InChI=1S/C27H31NO6/c1-6-10-22(28-26(31)34-27(3,4)5)25(30)32-19-13-14-20-17(2)21(24(29)33-23(20)16-19)15-18-11-8-7-9-12-18/h7-9,11-14,16,22H,6,10,15H2,1-5H3,(H,28,31). The molecule has 1 unspecified atom stereocenters. The van der Waals surface area contributed by atoms with Gasteiger partial charge in [0.1, 0.15) is 23.0 Å². The highest BCUT2D eigenvalue weighted by Gasteiger charge is 2.25. The topological polar surface area (TPSA) is 94.8 Å². The van der Waals surface area contributed by atoms with Gasteiger partial charge in [0.15, 0.2) is 0 Å². The number of benzene rings is 2. The van der Waals surface area contributed by atoms with Crippen molar-refractivity contribution in [1.82, 2.24) is 5.32 Å². The summed E-state index contributed by atoms with van der Waals surface area (Å²) in [5.74, 6) is -0.394. The van der Waals surface area contributed by atoms with Crippen LogP contribution in [0.25, 0.3) is 11.0 Å². The van der Waals surface area contributed by atoms with E-state index >= 15 is 0 Å². The zero-order valence-electron chi connectivity index (χ0n) is 20.3. The molecule has 1 atom stereocenters. The van der Waals surface area contributed by atoms with Crippen LogP contribution < -0.4 is 15.7 Å². The molecule has 1 amide bonds. The largest absolute Gasteiger partial charge is 0.444 e. The molecule has 1 heterocycles. The van der Waals surface area contributed by atoms with E-state index in [-0.39, 0.29) is 5.75 Å². The summed E-state index contributed by atoms with van der Waals surface area (Å²) in [6, 6.07) is 13.8. The Labute approximate surface area is 199 Å². The summed E-state index contributed by atoms with van der Waals surface area (Å²) in [5.41, 5.74) is 1.65. The number of esters is 1. The third-order valence-electron chi connectivity index (χ3n) is 5.25. The second-order valence-electron chi connectivity index (χ2n) is 9.22. The Morgan fingerprint density at radius 3 is 2.44 bits per heavy atom. The lowest BCUT2D eigenvalue weighted by atomic mass is 10.00. The molecule has 1 aromatic heterocycles. The first kappa shape index (κ1) is 25.0. The number of rotatable bonds is 7. The Kier molecular flexibility index (Phi) is 7.76. The van der Waals surface area contributed by atoms with Crippen LogP contribution in [-0.2, 0) is 16.0 Å². The molecule has 7 nitrogen and oxygen atoms in total. The lowest BCUT2D eigenvalue weighted by Crippen LogP contribution is -2.45. The van der Waals surface area contributed by atoms with Crippen molar-refractivity contribution in [3.05, 3.63) is 75.6 Å². The molecule has 180 valence electrons. The number of alkyl carbamates (subject to hydrolysis) is 1. The van der Waals surface area contributed by atoms with Gasteiger partial charge in [0.25, 0.3) is 0 Å². The van der Waals surface area contributed by atoms with Crippen molar-refractivity contribution in [1.29, 1.82) is 0 Å². The molecule has 2 aromatic carbocycles. The highest BCUT2D eigenvalue weighted by molar-refractivity contribution is 5.86. The molecule has 0 saturated carbocycles. The lowest BCUT2D eigenvalue weighted by molar-refractivity contribution is -0.137. The summed E-state index contributed by atoms with van der Waals surface area (Å²) in [7, 11) is 0. The van der Waals surface area contributed by atoms with Crippen molar-refractivity contribution in [2.45, 2.75) is 65.5 Å². The average Bonchev–Trinajstić information content (AvgIpc) is 2.75. The Balaban J connectivity index is 1.80. The van der Waals surface area contributed by atoms with Crippen LogP contribution >= 0.6 is 0 Å². The van der Waals surface area contributed by atoms with Gasteiger partial charge in [0.2, 0.25) is 0 Å². The SMILES string of the molecule is CCCC(NC(=O)OC(C)(C)C)C(=O)Oc1ccc2c(C)c(Cc3ccccc3)c(=O)oc2c1. The zero-order chi connectivity index (χ0) is 24.9. The first-order valence-electron chi connectivity index (χ1n) is 11.4. The molecule has 34 heavy (non-hydrogen) atoms. The van der Waals surface area contributed by atoms with Gasteiger partial charge in [-0.15, -0.1) is 0 Å². The first-order chi connectivity index (χ1) is 16.1. The molecular formula is C27H31NO6. The van der Waals surface area contributed by atoms with Gasteiger partial charge in [0, 0.05) is 23.4 Å². The van der Waals surface area contributed by atoms with Crippen LogP contribution in [0.4, 0.5) is 4.79 Å². The van der Waals surface area contributed by atoms with E-state index in [2.05, 4.69) is 5.32 Å². The minimum absolute atomic E-state index is 0.225. The fraction of sp³-hybridized carbons (Fsp3) is 0.370. The van der Waals surface area contributed by atoms with Gasteiger partial charge in [-0.05, 0) is 57.4 Å². The molecule has 0 radical (unpaired) electrons. The first-order valence-corrected chi connectivity index (χ1v) is 11.4. The highest BCUT2D eigenvalue weighted by Crippen LogP contribution is 2.25. The van der Waals surface area contributed by atoms with Crippen LogP contribution in [0.3, 0.4) is 0 Å². The Bertz CT molecular complexity index is 1220. The van der Waals surface area contributed by atoms with Crippen molar-refractivity contribution in [2.75, 3.05) is 0 Å². The molecule has 7 heteroatoms. The number of nitrogens with one attached hydrogen (secondary N) is 1. The summed E-state index contributed by atoms with van der Waals surface area (Å²) >= 11 is 0. The maximum absolute atomic E-state index is 12.7. The third kappa shape index (κ3) is 6.47. The fourth-order valence-corrected chi connectivity index (χ4v) is 3.62. The summed E-state index contributed by atoms with van der Waals surface area (Å²) in [6.07, 6.45) is 0.833. The molecule has 3 rings (SSSR count). The molecule has 0 saturated heterocycles. The normalized spacial score (nSPS) is 12.3. The molecule has 0 aliphatic heterocycles. The van der Waals surface area contributed by atoms with Crippen LogP contribution in [0.5, 0.6) is 5.75 Å². The van der Waals surface area contributed by atoms with Crippen molar-refractivity contribution < 1.29 is 23.5 Å². The van der Waals surface area contributed by atoms with Gasteiger partial charge in [-0.3, -0.25) is 0 Å². The third-order valence-corrected chi connectivity index (χ3v) is 5.25. The van der Waals surface area contributed by atoms with Crippen LogP contribution in [0.1, 0.15) is 57.2 Å². The van der Waals surface area contributed by atoms with E-state index < -0.39 is 29.3 Å². The Hall–Kier alpha value is -3.61. The van der Waals surface area contributed by atoms with E-state index in [9.17, 15) is 14.4 Å². The Morgan fingerprint density at radius 1 is 1.09 bits per heavy atom.